The SMILES string of the molecule is Cc1noc(CN=C(NN)Nc2ccccc2)n1. The normalized spacial score (nSPS) is 11.3. The van der Waals surface area contributed by atoms with Crippen molar-refractivity contribution in [1.29, 1.82) is 0 Å². The van der Waals surface area contributed by atoms with Crippen molar-refractivity contribution in [3.8, 4) is 0 Å². The molecule has 0 aliphatic rings. The first-order valence-electron chi connectivity index (χ1n) is 5.40. The molecule has 0 aliphatic heterocycles. The summed E-state index contributed by atoms with van der Waals surface area (Å²) in [6.45, 7) is 2.02. The van der Waals surface area contributed by atoms with Crippen molar-refractivity contribution in [3.63, 3.8) is 0 Å². The Kier molecular flexibility index (Phi) is 3.87. The van der Waals surface area contributed by atoms with Crippen LogP contribution in [0.4, 0.5) is 5.69 Å². The molecule has 0 radical (unpaired) electrons. The second kappa shape index (κ2) is 5.78. The molecule has 0 atom stereocenters. The molecule has 0 spiro atoms. The van der Waals surface area contributed by atoms with E-state index in [0.717, 1.165) is 5.69 Å². The van der Waals surface area contributed by atoms with Gasteiger partial charge in [-0.15, -0.1) is 0 Å². The van der Waals surface area contributed by atoms with Crippen LogP contribution in [0.25, 0.3) is 0 Å². The van der Waals surface area contributed by atoms with Crippen LogP contribution in [0.3, 0.4) is 0 Å². The van der Waals surface area contributed by atoms with E-state index in [-0.39, 0.29) is 6.54 Å². The number of aliphatic imine (C=N–C) groups is 1. The van der Waals surface area contributed by atoms with E-state index in [1.807, 2.05) is 30.3 Å². The highest BCUT2D eigenvalue weighted by Gasteiger charge is 2.02. The molecule has 2 rings (SSSR count). The molecular weight excluding hydrogens is 232 g/mol. The van der Waals surface area contributed by atoms with Crippen LogP contribution in [0.15, 0.2) is 39.8 Å². The van der Waals surface area contributed by atoms with E-state index in [1.165, 1.54) is 0 Å². The number of benzene rings is 1. The molecule has 0 saturated carbocycles. The summed E-state index contributed by atoms with van der Waals surface area (Å²) in [7, 11) is 0. The van der Waals surface area contributed by atoms with E-state index in [9.17, 15) is 0 Å². The van der Waals surface area contributed by atoms with Crippen molar-refractivity contribution in [3.05, 3.63) is 42.0 Å². The molecule has 0 amide bonds. The average molecular weight is 246 g/mol. The first-order chi connectivity index (χ1) is 8.78. The number of hydrazine groups is 1. The van der Waals surface area contributed by atoms with Gasteiger partial charge in [0.15, 0.2) is 5.82 Å². The zero-order valence-corrected chi connectivity index (χ0v) is 9.92. The van der Waals surface area contributed by atoms with E-state index in [1.54, 1.807) is 6.92 Å². The number of hydrogen-bond donors (Lipinski definition) is 3. The maximum absolute atomic E-state index is 5.38. The Bertz CT molecular complexity index is 521. The maximum Gasteiger partial charge on any atom is 0.248 e. The van der Waals surface area contributed by atoms with Crippen LogP contribution in [0.2, 0.25) is 0 Å². The molecule has 0 bridgehead atoms. The lowest BCUT2D eigenvalue weighted by Gasteiger charge is -2.07. The molecule has 1 aromatic heterocycles. The predicted octanol–water partition coefficient (Wildman–Crippen LogP) is 0.809. The standard InChI is InChI=1S/C11H14N6O/c1-8-14-10(18-17-8)7-13-11(16-12)15-9-5-3-2-4-6-9/h2-6H,7,12H2,1H3,(H2,13,15,16). The van der Waals surface area contributed by atoms with E-state index >= 15 is 0 Å². The number of nitrogens with zero attached hydrogens (tertiary/aromatic N) is 3. The van der Waals surface area contributed by atoms with Crippen molar-refractivity contribution in [2.24, 2.45) is 10.8 Å². The number of para-hydroxylation sites is 1. The highest BCUT2D eigenvalue weighted by atomic mass is 16.5. The molecule has 0 saturated heterocycles. The van der Waals surface area contributed by atoms with E-state index in [2.05, 4.69) is 25.9 Å². The summed E-state index contributed by atoms with van der Waals surface area (Å²) in [5, 5.41) is 6.71. The third kappa shape index (κ3) is 3.29. The zero-order valence-electron chi connectivity index (χ0n) is 9.92. The first-order valence-corrected chi connectivity index (χ1v) is 5.40. The summed E-state index contributed by atoms with van der Waals surface area (Å²) in [6.07, 6.45) is 0. The van der Waals surface area contributed by atoms with Crippen molar-refractivity contribution in [2.75, 3.05) is 5.32 Å². The van der Waals surface area contributed by atoms with Crippen molar-refractivity contribution >= 4 is 11.6 Å². The third-order valence-corrected chi connectivity index (χ3v) is 2.12. The van der Waals surface area contributed by atoms with Crippen molar-refractivity contribution in [2.45, 2.75) is 13.5 Å². The topological polar surface area (TPSA) is 101 Å². The number of nitrogens with one attached hydrogen (secondary N) is 2. The number of guanidine groups is 1. The fourth-order valence-corrected chi connectivity index (χ4v) is 1.33. The largest absolute Gasteiger partial charge is 0.337 e. The number of rotatable bonds is 3. The minimum atomic E-state index is 0.264. The lowest BCUT2D eigenvalue weighted by molar-refractivity contribution is 0.376. The zero-order chi connectivity index (χ0) is 12.8. The molecular formula is C11H14N6O. The Morgan fingerprint density at radius 1 is 1.39 bits per heavy atom. The van der Waals surface area contributed by atoms with Gasteiger partial charge in [-0.2, -0.15) is 4.98 Å². The molecule has 18 heavy (non-hydrogen) atoms. The smallest absolute Gasteiger partial charge is 0.248 e. The summed E-state index contributed by atoms with van der Waals surface area (Å²) in [5.74, 6) is 6.83. The Morgan fingerprint density at radius 3 is 2.78 bits per heavy atom. The molecule has 94 valence electrons. The van der Waals surface area contributed by atoms with E-state index in [4.69, 9.17) is 10.4 Å². The Morgan fingerprint density at radius 2 is 2.17 bits per heavy atom. The molecule has 4 N–H and O–H groups in total. The van der Waals surface area contributed by atoms with Crippen LogP contribution in [0, 0.1) is 6.92 Å². The van der Waals surface area contributed by atoms with Crippen LogP contribution >= 0.6 is 0 Å². The third-order valence-electron chi connectivity index (χ3n) is 2.12. The Labute approximate surface area is 104 Å². The molecule has 7 heteroatoms. The van der Waals surface area contributed by atoms with Gasteiger partial charge in [0.05, 0.1) is 0 Å². The van der Waals surface area contributed by atoms with Crippen LogP contribution in [-0.2, 0) is 6.54 Å². The quantitative estimate of drug-likeness (QED) is 0.320. The minimum Gasteiger partial charge on any atom is -0.337 e. The number of aromatic nitrogens is 2. The highest BCUT2D eigenvalue weighted by Crippen LogP contribution is 2.05. The van der Waals surface area contributed by atoms with Crippen LogP contribution in [0.1, 0.15) is 11.7 Å². The molecule has 1 heterocycles. The van der Waals surface area contributed by atoms with Gasteiger partial charge in [-0.25, -0.2) is 10.8 Å². The van der Waals surface area contributed by atoms with Gasteiger partial charge in [-0.05, 0) is 19.1 Å². The fraction of sp³-hybridized carbons (Fsp3) is 0.182. The minimum absolute atomic E-state index is 0.264. The number of aryl methyl sites for hydroxylation is 1. The van der Waals surface area contributed by atoms with Gasteiger partial charge < -0.3 is 9.84 Å². The summed E-state index contributed by atoms with van der Waals surface area (Å²) in [5.41, 5.74) is 3.36. The lowest BCUT2D eigenvalue weighted by Crippen LogP contribution is -2.36. The van der Waals surface area contributed by atoms with Gasteiger partial charge in [0.2, 0.25) is 11.9 Å². The number of anilines is 1. The van der Waals surface area contributed by atoms with Crippen molar-refractivity contribution < 1.29 is 4.52 Å². The Balaban J connectivity index is 2.00. The van der Waals surface area contributed by atoms with Gasteiger partial charge in [0.25, 0.3) is 0 Å². The van der Waals surface area contributed by atoms with Crippen LogP contribution in [-0.4, -0.2) is 16.1 Å². The molecule has 0 aliphatic carbocycles. The molecule has 2 aromatic rings. The molecule has 0 fully saturated rings. The van der Waals surface area contributed by atoms with Gasteiger partial charge in [0.1, 0.15) is 6.54 Å². The average Bonchev–Trinajstić information content (AvgIpc) is 2.81. The summed E-state index contributed by atoms with van der Waals surface area (Å²) in [4.78, 5) is 8.24. The molecule has 7 nitrogen and oxygen atoms in total. The second-order valence-corrected chi connectivity index (χ2v) is 3.54. The summed E-state index contributed by atoms with van der Waals surface area (Å²) < 4.78 is 4.94. The first kappa shape index (κ1) is 12.1. The maximum atomic E-state index is 5.38. The van der Waals surface area contributed by atoms with Gasteiger partial charge in [0, 0.05) is 5.69 Å². The summed E-state index contributed by atoms with van der Waals surface area (Å²) in [6, 6.07) is 9.57. The molecule has 1 aromatic carbocycles. The van der Waals surface area contributed by atoms with Crippen LogP contribution < -0.4 is 16.6 Å². The van der Waals surface area contributed by atoms with E-state index in [0.29, 0.717) is 17.7 Å². The monoisotopic (exact) mass is 246 g/mol. The Hall–Kier alpha value is -2.41. The number of hydrogen-bond acceptors (Lipinski definition) is 5. The number of nitrogens with two attached hydrogens (primary N) is 1. The van der Waals surface area contributed by atoms with Gasteiger partial charge >= 0.3 is 0 Å². The summed E-state index contributed by atoms with van der Waals surface area (Å²) >= 11 is 0. The highest BCUT2D eigenvalue weighted by molar-refractivity contribution is 5.93. The van der Waals surface area contributed by atoms with Gasteiger partial charge in [-0.1, -0.05) is 23.4 Å². The van der Waals surface area contributed by atoms with Crippen molar-refractivity contribution in [1.82, 2.24) is 15.6 Å². The van der Waals surface area contributed by atoms with E-state index < -0.39 is 0 Å². The fourth-order valence-electron chi connectivity index (χ4n) is 1.33. The predicted molar refractivity (Wildman–Crippen MR) is 67.6 cm³/mol. The second-order valence-electron chi connectivity index (χ2n) is 3.54. The van der Waals surface area contributed by atoms with Crippen LogP contribution in [0.5, 0.6) is 0 Å². The molecule has 0 unspecified atom stereocenters. The lowest BCUT2D eigenvalue weighted by atomic mass is 10.3. The van der Waals surface area contributed by atoms with Gasteiger partial charge in [-0.3, -0.25) is 5.43 Å².